The first-order valence-electron chi connectivity index (χ1n) is 39.1. The highest BCUT2D eigenvalue weighted by Crippen LogP contribution is 2.51. The summed E-state index contributed by atoms with van der Waals surface area (Å²) in [6, 6.07) is 0. The Morgan fingerprint density at radius 2 is 1.28 bits per heavy atom. The van der Waals surface area contributed by atoms with Crippen LogP contribution >= 0.6 is 11.6 Å². The molecule has 25 heteroatoms. The fourth-order valence-corrected chi connectivity index (χ4v) is 20.2. The average Bonchev–Trinajstić information content (AvgIpc) is 0.760. The number of rotatable bonds is 15. The largest absolute Gasteiger partial charge is 0.462 e. The molecule has 24 atom stereocenters. The second-order valence-electron chi connectivity index (χ2n) is 37.5. The predicted molar refractivity (Wildman–Crippen MR) is 416 cm³/mol. The molecule has 0 unspecified atom stereocenters. The average molecular weight is 1570 g/mol. The van der Waals surface area contributed by atoms with Crippen LogP contribution in [0.5, 0.6) is 0 Å². The molecule has 0 saturated carbocycles. The van der Waals surface area contributed by atoms with E-state index in [2.05, 4.69) is 140 Å². The van der Waals surface area contributed by atoms with E-state index < -0.39 is 175 Å². The monoisotopic (exact) mass is 1560 g/mol. The van der Waals surface area contributed by atoms with E-state index in [1.165, 1.54) is 13.8 Å². The summed E-state index contributed by atoms with van der Waals surface area (Å²) in [5.74, 6) is -10.1. The number of hydrogen-bond donors (Lipinski definition) is 4. The number of ketones is 1. The number of carbonyl (C=O) groups excluding carboxylic acids is 4. The molecule has 2 spiro atoms. The minimum atomic E-state index is -2.59. The van der Waals surface area contributed by atoms with Gasteiger partial charge in [0.05, 0.1) is 85.1 Å². The van der Waals surface area contributed by atoms with Crippen molar-refractivity contribution in [3.8, 4) is 0 Å². The Hall–Kier alpha value is -2.84. The van der Waals surface area contributed by atoms with Gasteiger partial charge in [-0.2, -0.15) is 0 Å². The van der Waals surface area contributed by atoms with Gasteiger partial charge in [-0.15, -0.1) is 0 Å². The van der Waals surface area contributed by atoms with Gasteiger partial charge in [-0.05, 0) is 106 Å². The van der Waals surface area contributed by atoms with E-state index in [4.69, 9.17) is 72.2 Å². The molecule has 0 radical (unpaired) electrons. The van der Waals surface area contributed by atoms with Crippen molar-refractivity contribution in [1.82, 2.24) is 0 Å². The van der Waals surface area contributed by atoms with Crippen LogP contribution in [0, 0.1) is 23.7 Å². The summed E-state index contributed by atoms with van der Waals surface area (Å²) < 4.78 is 88.0. The number of methoxy groups -OCH3 is 1. The van der Waals surface area contributed by atoms with Crippen LogP contribution in [0.15, 0.2) is 60.2 Å². The van der Waals surface area contributed by atoms with Gasteiger partial charge in [0, 0.05) is 108 Å². The second kappa shape index (κ2) is 35.3. The van der Waals surface area contributed by atoms with Crippen LogP contribution in [0.4, 0.5) is 0 Å². The van der Waals surface area contributed by atoms with Gasteiger partial charge in [-0.3, -0.25) is 19.2 Å². The van der Waals surface area contributed by atoms with Crippen LogP contribution in [0.2, 0.25) is 54.4 Å². The zero-order valence-electron chi connectivity index (χ0n) is 68.6. The smallest absolute Gasteiger partial charge is 0.308 e. The number of Topliss-reactive ketones (excluding diaryl/α,β-unsaturated/α-hetero) is 1. The summed E-state index contributed by atoms with van der Waals surface area (Å²) in [4.78, 5) is 56.0. The highest BCUT2D eigenvalue weighted by Gasteiger charge is 2.60. The van der Waals surface area contributed by atoms with Gasteiger partial charge >= 0.3 is 17.9 Å². The molecule has 21 nitrogen and oxygen atoms in total. The number of halogens is 1. The standard InChI is InChI=1S/C81H137ClO21Si3/c1-48(34-58(33-32-50(3)82)101-104(21,22)75(10,11)12)35-67-70(87)72-54(7)73(94-67)74(88)81(90)46-68(103-106(25,26)77(16,17)18)53(6)66(100-81)31-29-27-28-30-57-37-64(102-105(23,24)76(13,14)15)45-79(96-57)43-61(91-20)38-59(97-79)40-65(85)52(5)71(93-56(9)84)51(4)49(2)36-63-42-78(19,89)47-80(99-63)44-62(92-55(8)83)39-60(98-80)41-69(86)95-72/h28,30,32-33,51-54,57-64,66-68,70-74,87-90H,1-3,27,29,31,34-47H2,4-26H3/b30-28-,33-32+/t51-,52-,53+,54-,57+,58-,59+,60-,61+,62+,63+,64+,66-,67-,68+,70-,71+,72-,73-,74+,78+,79+,80-,81-/m1/s1. The van der Waals surface area contributed by atoms with Gasteiger partial charge in [0.1, 0.15) is 36.3 Å². The normalized spacial score (nSPS) is 39.1. The predicted octanol–water partition coefficient (Wildman–Crippen LogP) is 15.0. The van der Waals surface area contributed by atoms with Crippen LogP contribution in [-0.2, 0) is 79.8 Å². The van der Waals surface area contributed by atoms with Crippen molar-refractivity contribution in [3.05, 3.63) is 60.2 Å². The molecule has 0 aromatic carbocycles. The van der Waals surface area contributed by atoms with E-state index in [1.807, 2.05) is 13.0 Å². The summed E-state index contributed by atoms with van der Waals surface area (Å²) in [6.45, 7) is 57.0. The number of esters is 3. The van der Waals surface area contributed by atoms with Crippen molar-refractivity contribution in [2.75, 3.05) is 7.11 Å². The molecule has 0 aromatic heterocycles. The second-order valence-corrected chi connectivity index (χ2v) is 52.2. The Balaban J connectivity index is 1.32. The Labute approximate surface area is 643 Å². The van der Waals surface area contributed by atoms with Gasteiger partial charge in [-0.25, -0.2) is 0 Å². The molecule has 10 bridgehead atoms. The van der Waals surface area contributed by atoms with Crippen LogP contribution in [0.3, 0.4) is 0 Å². The molecule has 7 aliphatic heterocycles. The quantitative estimate of drug-likeness (QED) is 0.0390. The van der Waals surface area contributed by atoms with Gasteiger partial charge in [0.25, 0.3) is 0 Å². The number of hydrogen-bond acceptors (Lipinski definition) is 21. The highest BCUT2D eigenvalue weighted by molar-refractivity contribution is 6.75. The number of aliphatic hydroxyl groups is 4. The van der Waals surface area contributed by atoms with Crippen molar-refractivity contribution >= 4 is 60.2 Å². The maximum Gasteiger partial charge on any atom is 0.308 e. The lowest BCUT2D eigenvalue weighted by Crippen LogP contribution is -2.66. The third-order valence-electron chi connectivity index (χ3n) is 25.0. The first kappa shape index (κ1) is 90.4. The first-order chi connectivity index (χ1) is 48.6. The molecule has 7 rings (SSSR count). The van der Waals surface area contributed by atoms with Crippen molar-refractivity contribution in [1.29, 1.82) is 0 Å². The fourth-order valence-electron chi connectivity index (χ4n) is 16.1. The SMILES string of the molecule is C=C(Cl)/C=C/[C@H](CC(=C)C[C@H]1O[C@@H]2[C@H](C)[C@@H](OC(=O)C[C@H]3C[C@H](OC(C)=O)C[C@@]4(C[C@@](C)(O)C[C@H](CC(=C)[C@@H](C)[C@H](OC(C)=O)[C@H](C)C(=O)C[C@@H]5C[C@H](OC)C[C@@]6(C[C@@H](O[Si](C)(C)C(C)(C)C)C[C@H](/C=C\CCC[C@H]7O[C@](O)(C[C@H](O[Si](C)(C)C(C)(C)C)[C@H]7C)[C@H]2O)O6)O5)O4)O3)[C@@H]1O)O[Si](C)(C)C(C)(C)C. The molecule has 6 saturated heterocycles. The lowest BCUT2D eigenvalue weighted by molar-refractivity contribution is -0.350. The van der Waals surface area contributed by atoms with Crippen LogP contribution in [-0.4, -0.2) is 197 Å². The van der Waals surface area contributed by atoms with E-state index in [1.54, 1.807) is 34.0 Å². The third-order valence-corrected chi connectivity index (χ3v) is 38.7. The number of ether oxygens (including phenoxy) is 10. The Kier molecular flexibility index (Phi) is 30.1. The fraction of sp³-hybridized carbons (Fsp3) is 0.827. The summed E-state index contributed by atoms with van der Waals surface area (Å²) in [6.07, 6.45) is -3.48. The molecule has 4 N–H and O–H groups in total. The summed E-state index contributed by atoms with van der Waals surface area (Å²) >= 11 is 6.31. The molecule has 606 valence electrons. The molecule has 0 aromatic rings. The molecule has 7 aliphatic rings. The Morgan fingerprint density at radius 1 is 0.708 bits per heavy atom. The minimum Gasteiger partial charge on any atom is -0.462 e. The van der Waals surface area contributed by atoms with E-state index >= 15 is 4.79 Å². The zero-order valence-corrected chi connectivity index (χ0v) is 72.4. The van der Waals surface area contributed by atoms with Crippen molar-refractivity contribution in [2.45, 2.75) is 395 Å². The molecule has 0 aliphatic carbocycles. The van der Waals surface area contributed by atoms with Crippen LogP contribution < -0.4 is 0 Å². The van der Waals surface area contributed by atoms with Crippen molar-refractivity contribution < 1.29 is 100 Å². The number of carbonyl (C=O) groups is 4. The van der Waals surface area contributed by atoms with Crippen molar-refractivity contribution in [3.63, 3.8) is 0 Å². The maximum absolute atomic E-state index is 15.0. The Morgan fingerprint density at radius 3 is 1.89 bits per heavy atom. The molecule has 6 fully saturated rings. The van der Waals surface area contributed by atoms with Gasteiger partial charge in [-0.1, -0.05) is 151 Å². The van der Waals surface area contributed by atoms with Gasteiger partial charge in [0.15, 0.2) is 42.3 Å². The summed E-state index contributed by atoms with van der Waals surface area (Å²) in [7, 11) is -5.73. The Bertz CT molecular complexity index is 3120. The summed E-state index contributed by atoms with van der Waals surface area (Å²) in [5, 5.41) is 51.5. The number of aliphatic hydroxyl groups excluding tert-OH is 2. The molecule has 106 heavy (non-hydrogen) atoms. The van der Waals surface area contributed by atoms with Crippen LogP contribution in [0.1, 0.15) is 220 Å². The maximum atomic E-state index is 15.0. The topological polar surface area (TPSA) is 269 Å². The van der Waals surface area contributed by atoms with E-state index in [9.17, 15) is 34.8 Å². The molecule has 0 amide bonds. The van der Waals surface area contributed by atoms with E-state index in [-0.39, 0.29) is 96.8 Å². The number of allylic oxidation sites excluding steroid dienone is 3. The third kappa shape index (κ3) is 23.4. The number of fused-ring (bicyclic) bond motifs is 8. The molecular weight excluding hydrogens is 1430 g/mol. The molecule has 7 heterocycles. The van der Waals surface area contributed by atoms with Gasteiger partial charge < -0.3 is 81.1 Å². The van der Waals surface area contributed by atoms with Crippen LogP contribution in [0.25, 0.3) is 0 Å². The summed E-state index contributed by atoms with van der Waals surface area (Å²) in [5.41, 5.74) is -0.272. The van der Waals surface area contributed by atoms with E-state index in [0.29, 0.717) is 61.1 Å². The van der Waals surface area contributed by atoms with Crippen molar-refractivity contribution in [2.24, 2.45) is 23.7 Å². The first-order valence-corrected chi connectivity index (χ1v) is 48.2. The molecular formula is C81H137ClO21Si3. The highest BCUT2D eigenvalue weighted by atomic mass is 35.5. The zero-order chi connectivity index (χ0) is 79.6. The van der Waals surface area contributed by atoms with Gasteiger partial charge in [0.2, 0.25) is 0 Å². The minimum absolute atomic E-state index is 0.00365. The lowest BCUT2D eigenvalue weighted by atomic mass is 9.78. The van der Waals surface area contributed by atoms with E-state index in [0.717, 1.165) is 0 Å². The lowest BCUT2D eigenvalue weighted by Gasteiger charge is -2.53.